The largest absolute Gasteiger partial charge is 0.497 e. The second kappa shape index (κ2) is 4.44. The first-order chi connectivity index (χ1) is 8.83. The van der Waals surface area contributed by atoms with Crippen molar-refractivity contribution in [3.05, 3.63) is 41.7 Å². The second-order valence-corrected chi connectivity index (χ2v) is 4.79. The Morgan fingerprint density at radius 1 is 1.33 bits per heavy atom. The maximum Gasteiger partial charge on any atom is 0.128 e. The van der Waals surface area contributed by atoms with Gasteiger partial charge in [-0.1, -0.05) is 0 Å². The van der Waals surface area contributed by atoms with Crippen molar-refractivity contribution in [3.63, 3.8) is 0 Å². The number of hydrogen-bond acceptors (Lipinski definition) is 4. The van der Waals surface area contributed by atoms with Crippen molar-refractivity contribution in [2.75, 3.05) is 7.11 Å². The van der Waals surface area contributed by atoms with Crippen molar-refractivity contribution in [3.8, 4) is 17.0 Å². The van der Waals surface area contributed by atoms with E-state index in [4.69, 9.17) is 10.5 Å². The van der Waals surface area contributed by atoms with Gasteiger partial charge in [-0.25, -0.2) is 4.98 Å². The predicted molar refractivity (Wildman–Crippen MR) is 72.9 cm³/mol. The minimum Gasteiger partial charge on any atom is -0.497 e. The summed E-state index contributed by atoms with van der Waals surface area (Å²) in [6.07, 6.45) is 1.86. The number of fused-ring (bicyclic) bond motifs is 1. The molecule has 1 aromatic carbocycles. The summed E-state index contributed by atoms with van der Waals surface area (Å²) in [4.78, 5) is 5.43. The summed E-state index contributed by atoms with van der Waals surface area (Å²) in [6, 6.07) is 8.00. The number of nitrogens with zero attached hydrogens (tertiary/aromatic N) is 2. The molecule has 0 saturated carbocycles. The normalized spacial score (nSPS) is 11.0. The van der Waals surface area contributed by atoms with Gasteiger partial charge in [0.15, 0.2) is 0 Å². The monoisotopic (exact) mass is 259 g/mol. The van der Waals surface area contributed by atoms with Crippen LogP contribution in [0.4, 0.5) is 0 Å². The molecule has 5 heteroatoms. The van der Waals surface area contributed by atoms with Crippen molar-refractivity contribution < 1.29 is 4.74 Å². The van der Waals surface area contributed by atoms with Gasteiger partial charge in [-0.3, -0.25) is 4.40 Å². The van der Waals surface area contributed by atoms with Crippen LogP contribution in [0, 0.1) is 0 Å². The summed E-state index contributed by atoms with van der Waals surface area (Å²) in [5, 5.41) is 2.12. The fraction of sp³-hybridized carbons (Fsp3) is 0.154. The summed E-state index contributed by atoms with van der Waals surface area (Å²) in [6.45, 7) is 0.439. The van der Waals surface area contributed by atoms with E-state index in [0.717, 1.165) is 27.7 Å². The first-order valence-corrected chi connectivity index (χ1v) is 6.49. The molecule has 2 N–H and O–H groups in total. The van der Waals surface area contributed by atoms with Crippen LogP contribution in [-0.4, -0.2) is 16.5 Å². The van der Waals surface area contributed by atoms with E-state index in [1.165, 1.54) is 0 Å². The van der Waals surface area contributed by atoms with Crippen LogP contribution in [0.1, 0.15) is 5.82 Å². The number of rotatable bonds is 3. The lowest BCUT2D eigenvalue weighted by molar-refractivity contribution is 0.415. The van der Waals surface area contributed by atoms with Crippen LogP contribution in [0.15, 0.2) is 35.8 Å². The molecule has 0 unspecified atom stereocenters. The molecular formula is C13H13N3OS. The number of aromatic nitrogens is 2. The molecule has 2 heterocycles. The molecule has 3 aromatic rings. The van der Waals surface area contributed by atoms with Crippen molar-refractivity contribution in [1.29, 1.82) is 0 Å². The summed E-state index contributed by atoms with van der Waals surface area (Å²) >= 11 is 1.67. The highest BCUT2D eigenvalue weighted by molar-refractivity contribution is 7.15. The molecule has 0 spiro atoms. The van der Waals surface area contributed by atoms with Crippen LogP contribution in [0.25, 0.3) is 16.1 Å². The zero-order valence-electron chi connectivity index (χ0n) is 9.96. The van der Waals surface area contributed by atoms with Gasteiger partial charge >= 0.3 is 0 Å². The molecule has 0 saturated heterocycles. The zero-order valence-corrected chi connectivity index (χ0v) is 10.8. The fourth-order valence-electron chi connectivity index (χ4n) is 1.99. The number of ether oxygens (including phenoxy) is 1. The Morgan fingerprint density at radius 2 is 2.11 bits per heavy atom. The third kappa shape index (κ3) is 1.68. The summed E-state index contributed by atoms with van der Waals surface area (Å²) in [7, 11) is 1.67. The van der Waals surface area contributed by atoms with Gasteiger partial charge in [-0.15, -0.1) is 11.3 Å². The first-order valence-electron chi connectivity index (χ1n) is 5.62. The van der Waals surface area contributed by atoms with Gasteiger partial charge in [0.2, 0.25) is 0 Å². The smallest absolute Gasteiger partial charge is 0.128 e. The van der Waals surface area contributed by atoms with E-state index >= 15 is 0 Å². The van der Waals surface area contributed by atoms with Gasteiger partial charge in [0, 0.05) is 5.38 Å². The fourth-order valence-corrected chi connectivity index (χ4v) is 2.88. The molecule has 0 bridgehead atoms. The van der Waals surface area contributed by atoms with Gasteiger partial charge in [-0.05, 0) is 29.8 Å². The molecule has 92 valence electrons. The Labute approximate surface area is 109 Å². The van der Waals surface area contributed by atoms with Gasteiger partial charge < -0.3 is 10.5 Å². The summed E-state index contributed by atoms with van der Waals surface area (Å²) in [5.41, 5.74) is 7.97. The molecule has 4 nitrogen and oxygen atoms in total. The van der Waals surface area contributed by atoms with Crippen molar-refractivity contribution in [2.45, 2.75) is 6.54 Å². The van der Waals surface area contributed by atoms with E-state index < -0.39 is 0 Å². The third-order valence-electron chi connectivity index (χ3n) is 2.90. The Bertz CT molecular complexity index is 669. The van der Waals surface area contributed by atoms with Gasteiger partial charge in [0.05, 0.1) is 25.5 Å². The average molecular weight is 259 g/mol. The van der Waals surface area contributed by atoms with Crippen molar-refractivity contribution in [2.24, 2.45) is 5.73 Å². The summed E-state index contributed by atoms with van der Waals surface area (Å²) < 4.78 is 7.27. The number of nitrogens with two attached hydrogens (primary N) is 1. The number of methoxy groups -OCH3 is 1. The van der Waals surface area contributed by atoms with E-state index in [2.05, 4.69) is 14.8 Å². The lowest BCUT2D eigenvalue weighted by Crippen LogP contribution is -2.02. The zero-order chi connectivity index (χ0) is 12.5. The first kappa shape index (κ1) is 11.3. The van der Waals surface area contributed by atoms with E-state index in [-0.39, 0.29) is 0 Å². The number of imidazole rings is 1. The Morgan fingerprint density at radius 3 is 2.78 bits per heavy atom. The molecule has 3 rings (SSSR count). The van der Waals surface area contributed by atoms with Gasteiger partial charge in [0.25, 0.3) is 0 Å². The lowest BCUT2D eigenvalue weighted by Gasteiger charge is -2.04. The maximum atomic E-state index is 5.71. The summed E-state index contributed by atoms with van der Waals surface area (Å²) in [5.74, 6) is 1.74. The number of thiazole rings is 1. The minimum atomic E-state index is 0.439. The highest BCUT2D eigenvalue weighted by Crippen LogP contribution is 2.28. The lowest BCUT2D eigenvalue weighted by atomic mass is 10.1. The molecule has 18 heavy (non-hydrogen) atoms. The third-order valence-corrected chi connectivity index (χ3v) is 3.77. The Kier molecular flexibility index (Phi) is 2.77. The molecule has 0 amide bonds. The van der Waals surface area contributed by atoms with Crippen molar-refractivity contribution >= 4 is 16.2 Å². The van der Waals surface area contributed by atoms with Crippen molar-refractivity contribution in [1.82, 2.24) is 9.38 Å². The van der Waals surface area contributed by atoms with E-state index in [1.54, 1.807) is 18.4 Å². The van der Waals surface area contributed by atoms with Crippen LogP contribution in [0.2, 0.25) is 0 Å². The van der Waals surface area contributed by atoms with Crippen LogP contribution < -0.4 is 10.5 Å². The topological polar surface area (TPSA) is 52.5 Å². The van der Waals surface area contributed by atoms with E-state index in [0.29, 0.717) is 6.54 Å². The van der Waals surface area contributed by atoms with E-state index in [9.17, 15) is 0 Å². The molecule has 0 radical (unpaired) electrons. The quantitative estimate of drug-likeness (QED) is 0.786. The Hall–Kier alpha value is -1.85. The molecular weight excluding hydrogens is 246 g/mol. The maximum absolute atomic E-state index is 5.71. The SMILES string of the molecule is COc1ccc(-c2csc3cnc(CN)n23)cc1. The van der Waals surface area contributed by atoms with Crippen LogP contribution in [-0.2, 0) is 6.54 Å². The second-order valence-electron chi connectivity index (χ2n) is 3.90. The molecule has 0 aliphatic rings. The predicted octanol–water partition coefficient (Wildman–Crippen LogP) is 2.53. The van der Waals surface area contributed by atoms with Crippen LogP contribution in [0.5, 0.6) is 5.75 Å². The highest BCUT2D eigenvalue weighted by atomic mass is 32.1. The molecule has 0 aliphatic carbocycles. The number of benzene rings is 1. The van der Waals surface area contributed by atoms with Gasteiger partial charge in [0.1, 0.15) is 16.4 Å². The number of hydrogen-bond donors (Lipinski definition) is 1. The Balaban J connectivity index is 2.14. The molecule has 0 fully saturated rings. The van der Waals surface area contributed by atoms with Gasteiger partial charge in [-0.2, -0.15) is 0 Å². The van der Waals surface area contributed by atoms with Crippen LogP contribution in [0.3, 0.4) is 0 Å². The van der Waals surface area contributed by atoms with E-state index in [1.807, 2.05) is 30.5 Å². The molecule has 2 aromatic heterocycles. The van der Waals surface area contributed by atoms with Crippen LogP contribution >= 0.6 is 11.3 Å². The minimum absolute atomic E-state index is 0.439. The standard InChI is InChI=1S/C13H13N3OS/c1-17-10-4-2-9(3-5-10)11-8-18-13-7-15-12(6-14)16(11)13/h2-5,7-8H,6,14H2,1H3. The molecule has 0 atom stereocenters. The average Bonchev–Trinajstić information content (AvgIpc) is 3.00. The highest BCUT2D eigenvalue weighted by Gasteiger charge is 2.10. The molecule has 0 aliphatic heterocycles.